The van der Waals surface area contributed by atoms with Gasteiger partial charge in [-0.2, -0.15) is 0 Å². The van der Waals surface area contributed by atoms with E-state index in [1.165, 1.54) is 0 Å². The molecule has 0 spiro atoms. The maximum atomic E-state index is 11.3. The molecule has 0 saturated heterocycles. The van der Waals surface area contributed by atoms with E-state index in [0.29, 0.717) is 18.4 Å². The third kappa shape index (κ3) is 10.6. The number of hydrogen-bond donors (Lipinski definition) is 1. The van der Waals surface area contributed by atoms with Crippen LogP contribution in [0.5, 0.6) is 0 Å². The Morgan fingerprint density at radius 2 is 1.72 bits per heavy atom. The van der Waals surface area contributed by atoms with Gasteiger partial charge < -0.3 is 10.1 Å². The fraction of sp³-hybridized carbons (Fsp3) is 0.933. The molecule has 108 valence electrons. The summed E-state index contributed by atoms with van der Waals surface area (Å²) in [6, 6.07) is 0. The van der Waals surface area contributed by atoms with Crippen molar-refractivity contribution in [1.82, 2.24) is 5.32 Å². The normalized spacial score (nSPS) is 12.6. The Bertz CT molecular complexity index is 241. The second kappa shape index (κ2) is 7.78. The van der Waals surface area contributed by atoms with Gasteiger partial charge in [-0.3, -0.25) is 4.79 Å². The minimum absolute atomic E-state index is 0.142. The molecular formula is C15H31NO2. The van der Waals surface area contributed by atoms with Crippen LogP contribution in [0.1, 0.15) is 67.2 Å². The summed E-state index contributed by atoms with van der Waals surface area (Å²) in [7, 11) is 0. The van der Waals surface area contributed by atoms with Crippen LogP contribution in [0, 0.1) is 5.41 Å². The van der Waals surface area contributed by atoms with E-state index in [1.54, 1.807) is 0 Å². The number of amides is 1. The Morgan fingerprint density at radius 1 is 1.11 bits per heavy atom. The van der Waals surface area contributed by atoms with E-state index in [0.717, 1.165) is 25.9 Å². The van der Waals surface area contributed by atoms with E-state index >= 15 is 0 Å². The molecule has 0 aromatic carbocycles. The van der Waals surface area contributed by atoms with Crippen LogP contribution in [-0.2, 0) is 9.53 Å². The largest absolute Gasteiger partial charge is 0.375 e. The van der Waals surface area contributed by atoms with Crippen LogP contribution in [0.15, 0.2) is 0 Å². The van der Waals surface area contributed by atoms with Crippen LogP contribution in [0.25, 0.3) is 0 Å². The van der Waals surface area contributed by atoms with Crippen molar-refractivity contribution < 1.29 is 9.53 Å². The van der Waals surface area contributed by atoms with E-state index in [2.05, 4.69) is 39.9 Å². The van der Waals surface area contributed by atoms with Crippen LogP contribution in [0.2, 0.25) is 0 Å². The quantitative estimate of drug-likeness (QED) is 0.722. The number of hydrogen-bond acceptors (Lipinski definition) is 2. The second-order valence-corrected chi connectivity index (χ2v) is 6.77. The second-order valence-electron chi connectivity index (χ2n) is 6.77. The van der Waals surface area contributed by atoms with Crippen LogP contribution in [0.3, 0.4) is 0 Å². The van der Waals surface area contributed by atoms with Gasteiger partial charge in [0, 0.05) is 19.6 Å². The lowest BCUT2D eigenvalue weighted by molar-refractivity contribution is -0.121. The number of ether oxygens (including phenoxy) is 1. The molecule has 0 fully saturated rings. The lowest BCUT2D eigenvalue weighted by atomic mass is 9.93. The standard InChI is InChI=1S/C15H31NO2/c1-7-8-13(17)16-11-9-15(5,6)18-12-10-14(2,3)4/h7-12H2,1-6H3,(H,16,17). The summed E-state index contributed by atoms with van der Waals surface area (Å²) >= 11 is 0. The Morgan fingerprint density at radius 3 is 2.22 bits per heavy atom. The molecular weight excluding hydrogens is 226 g/mol. The van der Waals surface area contributed by atoms with Crippen molar-refractivity contribution in [3.8, 4) is 0 Å². The summed E-state index contributed by atoms with van der Waals surface area (Å²) in [5.41, 5.74) is 0.149. The zero-order chi connectivity index (χ0) is 14.2. The molecule has 3 nitrogen and oxygen atoms in total. The monoisotopic (exact) mass is 257 g/mol. The van der Waals surface area contributed by atoms with E-state index in [1.807, 2.05) is 6.92 Å². The smallest absolute Gasteiger partial charge is 0.219 e. The van der Waals surface area contributed by atoms with Gasteiger partial charge in [-0.15, -0.1) is 0 Å². The molecule has 0 bridgehead atoms. The molecule has 0 rings (SSSR count). The Kier molecular flexibility index (Phi) is 7.53. The van der Waals surface area contributed by atoms with Gasteiger partial charge in [-0.05, 0) is 38.5 Å². The molecule has 0 radical (unpaired) electrons. The summed E-state index contributed by atoms with van der Waals surface area (Å²) in [4.78, 5) is 11.3. The van der Waals surface area contributed by atoms with Crippen molar-refractivity contribution in [2.24, 2.45) is 5.41 Å². The summed E-state index contributed by atoms with van der Waals surface area (Å²) in [6.45, 7) is 14.3. The average Bonchev–Trinajstić information content (AvgIpc) is 2.14. The van der Waals surface area contributed by atoms with E-state index in [-0.39, 0.29) is 11.5 Å². The predicted octanol–water partition coefficient (Wildman–Crippen LogP) is 3.52. The molecule has 0 aromatic heterocycles. The highest BCUT2D eigenvalue weighted by atomic mass is 16.5. The number of carbonyl (C=O) groups is 1. The molecule has 0 saturated carbocycles. The molecule has 0 aliphatic carbocycles. The van der Waals surface area contributed by atoms with E-state index in [4.69, 9.17) is 4.74 Å². The molecule has 1 N–H and O–H groups in total. The first kappa shape index (κ1) is 17.4. The molecule has 0 unspecified atom stereocenters. The summed E-state index contributed by atoms with van der Waals surface area (Å²) in [5.74, 6) is 0.142. The van der Waals surface area contributed by atoms with Crippen molar-refractivity contribution in [1.29, 1.82) is 0 Å². The molecule has 3 heteroatoms. The Balaban J connectivity index is 3.76. The summed E-state index contributed by atoms with van der Waals surface area (Å²) in [6.07, 6.45) is 3.42. The van der Waals surface area contributed by atoms with Gasteiger partial charge in [-0.1, -0.05) is 27.7 Å². The van der Waals surface area contributed by atoms with E-state index in [9.17, 15) is 4.79 Å². The van der Waals surface area contributed by atoms with E-state index < -0.39 is 0 Å². The molecule has 0 heterocycles. The SMILES string of the molecule is CCCC(=O)NCCC(C)(C)OCCC(C)(C)C. The Labute approximate surface area is 113 Å². The highest BCUT2D eigenvalue weighted by molar-refractivity contribution is 5.75. The highest BCUT2D eigenvalue weighted by Gasteiger charge is 2.19. The van der Waals surface area contributed by atoms with Gasteiger partial charge >= 0.3 is 0 Å². The Hall–Kier alpha value is -0.570. The number of rotatable bonds is 8. The third-order valence-corrected chi connectivity index (χ3v) is 2.87. The average molecular weight is 257 g/mol. The van der Waals surface area contributed by atoms with Gasteiger partial charge in [0.25, 0.3) is 0 Å². The van der Waals surface area contributed by atoms with Crippen molar-refractivity contribution in [2.45, 2.75) is 72.8 Å². The molecule has 1 amide bonds. The van der Waals surface area contributed by atoms with Gasteiger partial charge in [0.15, 0.2) is 0 Å². The van der Waals surface area contributed by atoms with Crippen molar-refractivity contribution in [3.63, 3.8) is 0 Å². The maximum Gasteiger partial charge on any atom is 0.219 e. The lowest BCUT2D eigenvalue weighted by Gasteiger charge is -2.27. The zero-order valence-electron chi connectivity index (χ0n) is 13.1. The zero-order valence-corrected chi connectivity index (χ0v) is 13.1. The molecule has 0 aliphatic heterocycles. The first-order valence-electron chi connectivity index (χ1n) is 7.07. The van der Waals surface area contributed by atoms with Crippen LogP contribution in [-0.4, -0.2) is 24.7 Å². The molecule has 0 aliphatic rings. The highest BCUT2D eigenvalue weighted by Crippen LogP contribution is 2.21. The van der Waals surface area contributed by atoms with Gasteiger partial charge in [0.1, 0.15) is 0 Å². The number of nitrogens with one attached hydrogen (secondary N) is 1. The third-order valence-electron chi connectivity index (χ3n) is 2.87. The molecule has 18 heavy (non-hydrogen) atoms. The minimum Gasteiger partial charge on any atom is -0.375 e. The predicted molar refractivity (Wildman–Crippen MR) is 76.6 cm³/mol. The topological polar surface area (TPSA) is 38.3 Å². The van der Waals surface area contributed by atoms with Crippen molar-refractivity contribution >= 4 is 5.91 Å². The van der Waals surface area contributed by atoms with Crippen LogP contribution >= 0.6 is 0 Å². The van der Waals surface area contributed by atoms with Crippen LogP contribution in [0.4, 0.5) is 0 Å². The maximum absolute atomic E-state index is 11.3. The van der Waals surface area contributed by atoms with Gasteiger partial charge in [0.05, 0.1) is 5.60 Å². The van der Waals surface area contributed by atoms with Crippen molar-refractivity contribution in [3.05, 3.63) is 0 Å². The van der Waals surface area contributed by atoms with Gasteiger partial charge in [-0.25, -0.2) is 0 Å². The molecule has 0 aromatic rings. The van der Waals surface area contributed by atoms with Crippen LogP contribution < -0.4 is 5.32 Å². The fourth-order valence-electron chi connectivity index (χ4n) is 1.52. The summed E-state index contributed by atoms with van der Waals surface area (Å²) in [5, 5.41) is 2.93. The first-order chi connectivity index (χ1) is 8.16. The van der Waals surface area contributed by atoms with Gasteiger partial charge in [0.2, 0.25) is 5.91 Å². The number of carbonyl (C=O) groups excluding carboxylic acids is 1. The molecule has 0 atom stereocenters. The summed E-state index contributed by atoms with van der Waals surface area (Å²) < 4.78 is 5.90. The lowest BCUT2D eigenvalue weighted by Crippen LogP contribution is -2.33. The first-order valence-corrected chi connectivity index (χ1v) is 7.07. The van der Waals surface area contributed by atoms with Crippen molar-refractivity contribution in [2.75, 3.05) is 13.2 Å². The fourth-order valence-corrected chi connectivity index (χ4v) is 1.52. The minimum atomic E-state index is -0.162.